The number of allylic oxidation sites excluding steroid dienone is 3. The molecule has 18 heteroatoms. The first kappa shape index (κ1) is 64.8. The molecule has 7 aliphatic carbocycles. The number of benzene rings is 4. The number of aromatic hydroxyl groups is 1. The number of aliphatic hydroxyl groups is 5. The standard InChI is InChI=1S/C76H97N5O13/c1-5-7-8-12-25-79-26-28-91-59-35-61(94-41-78-6-2)69-68-49(59)19-20-50-66(68)58(80-73(69)88)34-60-67(50)71(86)54(40-93-60)44-29-62(90-4)72(87)63(30-44)92-39-46(37-83)76-55-21-17-43-14-13-15-48(70(43)76)51-32-56(76)52(65-47(51)18-16-42(22-27-82)53(65)38-84)33-57(55)75(23-10-9-11-24-75)81-64(85)31-45(36-77-3)74(81)89/h13-18,21,29-31,34-35,42,46-47,51-57,65,71,73,77-80,82-84,86-88H,5-12,19-20,22-28,32-33,36-41H2,1-4H3/t42-,46-,47-,51-,52+,53+,54-,55+,56+,57-,65+,71-,73+,76-/m0/s1. The van der Waals surface area contributed by atoms with Crippen LogP contribution in [0.3, 0.4) is 0 Å². The van der Waals surface area contributed by atoms with Crippen LogP contribution in [0.2, 0.25) is 0 Å². The number of carbonyl (C=O) groups is 2. The van der Waals surface area contributed by atoms with Gasteiger partial charge in [-0.3, -0.25) is 19.8 Å². The third-order valence-corrected chi connectivity index (χ3v) is 24.3. The molecule has 14 atom stereocenters. The van der Waals surface area contributed by atoms with Crippen molar-refractivity contribution in [2.24, 2.45) is 53.3 Å². The van der Waals surface area contributed by atoms with Gasteiger partial charge in [0.05, 0.1) is 44.1 Å². The van der Waals surface area contributed by atoms with Gasteiger partial charge in [0, 0.05) is 95.3 Å². The summed E-state index contributed by atoms with van der Waals surface area (Å²) in [6, 6.07) is 13.9. The first-order valence-corrected chi connectivity index (χ1v) is 35.3. The number of aliphatic hydroxyl groups excluding tert-OH is 5. The number of carbonyl (C=O) groups excluding carboxylic acids is 2. The van der Waals surface area contributed by atoms with E-state index in [1.165, 1.54) is 43.6 Å². The fourth-order valence-corrected chi connectivity index (χ4v) is 20.5. The van der Waals surface area contributed by atoms with Gasteiger partial charge < -0.3 is 70.3 Å². The number of imide groups is 1. The van der Waals surface area contributed by atoms with E-state index in [1.807, 2.05) is 19.1 Å². The van der Waals surface area contributed by atoms with Crippen molar-refractivity contribution in [2.75, 3.05) is 92.0 Å². The van der Waals surface area contributed by atoms with Crippen molar-refractivity contribution in [2.45, 2.75) is 139 Å². The molecule has 4 aromatic rings. The number of hydrogen-bond acceptors (Lipinski definition) is 17. The first-order chi connectivity index (χ1) is 45.9. The van der Waals surface area contributed by atoms with E-state index in [-0.39, 0.29) is 129 Å². The SMILES string of the molecule is CCCCCCNCCOc1cc(OCNCC)c2c3c1CCc1c-3c(cc3c1[C@@H](O)[C@H](c1cc(OC)c(O)c(OC[C@H](CO)[C@@]45c6c7cccc6[C@H]6C[C@@H]4[C@@H](C[C@H](C4(N8C(=O)C=C(CNC)C8=O)CCCCC4)[C@H]5C=C7)[C@H]4[C@H]6C=C[C@@H](CCO)[C@H]4CO)c1)CO3)N[C@@H]2O. The molecule has 10 N–H and O–H groups in total. The highest BCUT2D eigenvalue weighted by molar-refractivity contribution is 6.17. The number of methoxy groups -OCH3 is 1. The van der Waals surface area contributed by atoms with E-state index in [0.29, 0.717) is 103 Å². The van der Waals surface area contributed by atoms with Crippen LogP contribution in [0.1, 0.15) is 160 Å². The Hall–Kier alpha value is -6.48. The highest BCUT2D eigenvalue weighted by Gasteiger charge is 2.71. The van der Waals surface area contributed by atoms with E-state index in [1.54, 1.807) is 24.1 Å². The number of fused-ring (bicyclic) bond motifs is 7. The number of ether oxygens (including phenoxy) is 5. The topological polar surface area (TPSA) is 253 Å². The molecule has 14 rings (SSSR count). The molecule has 0 radical (unpaired) electrons. The van der Waals surface area contributed by atoms with Crippen LogP contribution in [0.5, 0.6) is 34.5 Å². The maximum Gasteiger partial charge on any atom is 0.258 e. The van der Waals surface area contributed by atoms with Crippen LogP contribution < -0.4 is 45.0 Å². The molecule has 3 aliphatic heterocycles. The van der Waals surface area contributed by atoms with Gasteiger partial charge in [0.15, 0.2) is 17.7 Å². The molecular weight excluding hydrogens is 1190 g/mol. The van der Waals surface area contributed by atoms with E-state index in [2.05, 4.69) is 70.7 Å². The van der Waals surface area contributed by atoms with Crippen molar-refractivity contribution >= 4 is 23.6 Å². The molecular formula is C76H97N5O13. The van der Waals surface area contributed by atoms with E-state index in [9.17, 15) is 35.4 Å². The number of rotatable bonds is 27. The van der Waals surface area contributed by atoms with Gasteiger partial charge in [0.25, 0.3) is 11.8 Å². The molecule has 3 saturated carbocycles. The Morgan fingerprint density at radius 2 is 1.67 bits per heavy atom. The minimum atomic E-state index is -1.10. The van der Waals surface area contributed by atoms with E-state index >= 15 is 4.79 Å². The number of amides is 2. The van der Waals surface area contributed by atoms with Gasteiger partial charge in [-0.2, -0.15) is 0 Å². The number of anilines is 1. The van der Waals surface area contributed by atoms with Crippen LogP contribution in [-0.2, 0) is 27.8 Å². The van der Waals surface area contributed by atoms with Crippen LogP contribution in [0.15, 0.2) is 72.3 Å². The number of unbranched alkanes of at least 4 members (excludes halogenated alkanes) is 3. The Morgan fingerprint density at radius 1 is 0.840 bits per heavy atom. The lowest BCUT2D eigenvalue weighted by atomic mass is 9.34. The quantitative estimate of drug-likeness (QED) is 0.0116. The molecule has 2 bridgehead atoms. The zero-order chi connectivity index (χ0) is 65.2. The number of hydrogen-bond donors (Lipinski definition) is 10. The molecule has 2 amide bonds. The Morgan fingerprint density at radius 3 is 2.45 bits per heavy atom. The fraction of sp³-hybridized carbons (Fsp3) is 0.579. The Labute approximate surface area is 552 Å². The zero-order valence-corrected chi connectivity index (χ0v) is 55.1. The molecule has 0 saturated heterocycles. The number of nitrogens with one attached hydrogen (secondary N) is 4. The van der Waals surface area contributed by atoms with Crippen LogP contribution in [0.25, 0.3) is 17.2 Å². The van der Waals surface area contributed by atoms with Crippen LogP contribution in [0, 0.1) is 53.3 Å². The summed E-state index contributed by atoms with van der Waals surface area (Å²) in [5.41, 5.74) is 8.37. The van der Waals surface area contributed by atoms with E-state index < -0.39 is 35.1 Å². The maximum absolute atomic E-state index is 15.0. The number of nitrogens with zero attached hydrogens (tertiary/aromatic N) is 1. The summed E-state index contributed by atoms with van der Waals surface area (Å²) < 4.78 is 32.8. The monoisotopic (exact) mass is 1290 g/mol. The second-order valence-electron chi connectivity index (χ2n) is 28.5. The van der Waals surface area contributed by atoms with Crippen molar-refractivity contribution in [1.29, 1.82) is 0 Å². The lowest BCUT2D eigenvalue weighted by molar-refractivity contribution is -0.170. The second kappa shape index (κ2) is 26.8. The molecule has 18 nitrogen and oxygen atoms in total. The number of phenols is 1. The third kappa shape index (κ3) is 10.5. The molecule has 0 unspecified atom stereocenters. The Balaban J connectivity index is 0.834. The normalized spacial score (nSPS) is 29.5. The van der Waals surface area contributed by atoms with E-state index in [4.69, 9.17) is 23.7 Å². The van der Waals surface area contributed by atoms with Crippen molar-refractivity contribution in [3.63, 3.8) is 0 Å². The van der Waals surface area contributed by atoms with Crippen molar-refractivity contribution in [3.8, 4) is 45.6 Å². The van der Waals surface area contributed by atoms with Crippen LogP contribution in [-0.4, -0.2) is 140 Å². The largest absolute Gasteiger partial charge is 0.502 e. The molecule has 94 heavy (non-hydrogen) atoms. The van der Waals surface area contributed by atoms with Crippen molar-refractivity contribution < 1.29 is 63.9 Å². The number of phenolic OH excluding ortho intramolecular Hbond substituents is 1. The summed E-state index contributed by atoms with van der Waals surface area (Å²) in [5.74, 6) is -0.605. The molecule has 10 aliphatic rings. The summed E-state index contributed by atoms with van der Waals surface area (Å²) in [7, 11) is 3.28. The predicted octanol–water partition coefficient (Wildman–Crippen LogP) is 9.24. The second-order valence-corrected chi connectivity index (χ2v) is 28.5. The Kier molecular flexibility index (Phi) is 18.5. The molecule has 4 aromatic carbocycles. The van der Waals surface area contributed by atoms with Gasteiger partial charge in [-0.1, -0.05) is 94.9 Å². The van der Waals surface area contributed by atoms with Gasteiger partial charge in [0.2, 0.25) is 5.75 Å². The van der Waals surface area contributed by atoms with Gasteiger partial charge >= 0.3 is 0 Å². The van der Waals surface area contributed by atoms with Gasteiger partial charge in [-0.15, -0.1) is 0 Å². The van der Waals surface area contributed by atoms with Crippen LogP contribution in [0.4, 0.5) is 5.69 Å². The van der Waals surface area contributed by atoms with E-state index in [0.717, 1.165) is 66.5 Å². The summed E-state index contributed by atoms with van der Waals surface area (Å²) >= 11 is 0. The minimum absolute atomic E-state index is 0.00507. The molecule has 0 spiro atoms. The molecule has 0 aromatic heterocycles. The molecule has 3 heterocycles. The Bertz CT molecular complexity index is 3620. The van der Waals surface area contributed by atoms with Crippen LogP contribution >= 0.6 is 0 Å². The highest BCUT2D eigenvalue weighted by atomic mass is 16.5. The van der Waals surface area contributed by atoms with Crippen molar-refractivity contribution in [3.05, 3.63) is 117 Å². The smallest absolute Gasteiger partial charge is 0.258 e. The number of likely N-dealkylation sites (N-methyl/N-ethyl adjacent to an activating group) is 1. The lowest BCUT2D eigenvalue weighted by Crippen LogP contribution is -2.71. The molecule has 3 fully saturated rings. The van der Waals surface area contributed by atoms with Gasteiger partial charge in [-0.25, -0.2) is 0 Å². The zero-order valence-electron chi connectivity index (χ0n) is 55.1. The summed E-state index contributed by atoms with van der Waals surface area (Å²) in [6.07, 6.45) is 20.4. The average Bonchev–Trinajstić information content (AvgIpc) is 0.696. The predicted molar refractivity (Wildman–Crippen MR) is 358 cm³/mol. The molecule has 504 valence electrons. The maximum atomic E-state index is 15.0. The summed E-state index contributed by atoms with van der Waals surface area (Å²) in [4.78, 5) is 31.5. The fourth-order valence-electron chi connectivity index (χ4n) is 20.5. The first-order valence-electron chi connectivity index (χ1n) is 35.3. The van der Waals surface area contributed by atoms with Gasteiger partial charge in [-0.05, 0) is 165 Å². The average molecular weight is 1290 g/mol. The highest BCUT2D eigenvalue weighted by Crippen LogP contribution is 2.74. The minimum Gasteiger partial charge on any atom is -0.502 e. The van der Waals surface area contributed by atoms with Gasteiger partial charge in [0.1, 0.15) is 30.6 Å². The summed E-state index contributed by atoms with van der Waals surface area (Å²) in [6.45, 7) is 7.14. The van der Waals surface area contributed by atoms with Crippen molar-refractivity contribution in [1.82, 2.24) is 20.9 Å². The summed E-state index contributed by atoms with van der Waals surface area (Å²) in [5, 5.41) is 85.4. The third-order valence-electron chi connectivity index (χ3n) is 24.3. The lowest BCUT2D eigenvalue weighted by Gasteiger charge is -2.71.